The van der Waals surface area contributed by atoms with Crippen LogP contribution in [0, 0.1) is 6.92 Å². The highest BCUT2D eigenvalue weighted by Gasteiger charge is 2.39. The van der Waals surface area contributed by atoms with E-state index >= 15 is 0 Å². The number of ether oxygens (including phenoxy) is 3. The van der Waals surface area contributed by atoms with Crippen molar-refractivity contribution in [2.45, 2.75) is 45.6 Å². The Morgan fingerprint density at radius 3 is 1.96 bits per heavy atom. The first-order chi connectivity index (χ1) is 25.9. The van der Waals surface area contributed by atoms with Crippen molar-refractivity contribution in [3.8, 4) is 11.5 Å². The highest BCUT2D eigenvalue weighted by molar-refractivity contribution is 7.61. The zero-order valence-corrected chi connectivity index (χ0v) is 30.5. The van der Waals surface area contributed by atoms with Crippen molar-refractivity contribution in [2.24, 2.45) is 0 Å². The molecular formula is C34H31F3N2O14P2. The van der Waals surface area contributed by atoms with Gasteiger partial charge >= 0.3 is 39.5 Å². The van der Waals surface area contributed by atoms with Crippen molar-refractivity contribution in [3.63, 3.8) is 0 Å². The van der Waals surface area contributed by atoms with Crippen LogP contribution in [0.2, 0.25) is 0 Å². The average Bonchev–Trinajstić information content (AvgIpc) is 3.60. The quantitative estimate of drug-likeness (QED) is 0.0599. The number of halogens is 3. The van der Waals surface area contributed by atoms with Gasteiger partial charge in [-0.1, -0.05) is 30.3 Å². The first-order valence-electron chi connectivity index (χ1n) is 15.9. The van der Waals surface area contributed by atoms with Crippen molar-refractivity contribution >= 4 is 27.6 Å². The molecule has 16 nitrogen and oxygen atoms in total. The van der Waals surface area contributed by atoms with E-state index in [2.05, 4.69) is 4.98 Å². The van der Waals surface area contributed by atoms with Crippen LogP contribution >= 0.6 is 15.6 Å². The van der Waals surface area contributed by atoms with E-state index in [9.17, 15) is 46.4 Å². The zero-order valence-electron chi connectivity index (χ0n) is 28.7. The van der Waals surface area contributed by atoms with Gasteiger partial charge in [0.05, 0.1) is 30.9 Å². The fourth-order valence-electron chi connectivity index (χ4n) is 4.66. The van der Waals surface area contributed by atoms with Gasteiger partial charge in [0.15, 0.2) is 6.23 Å². The number of rotatable bonds is 15. The molecule has 292 valence electrons. The van der Waals surface area contributed by atoms with Crippen LogP contribution < -0.4 is 20.7 Å². The van der Waals surface area contributed by atoms with Crippen molar-refractivity contribution < 1.29 is 68.9 Å². The summed E-state index contributed by atoms with van der Waals surface area (Å²) in [5.74, 6) is -1.28. The summed E-state index contributed by atoms with van der Waals surface area (Å²) in [6.07, 6.45) is -2.41. The molecule has 1 aliphatic rings. The Hall–Kier alpha value is -4.97. The van der Waals surface area contributed by atoms with Gasteiger partial charge in [-0.25, -0.2) is 18.7 Å². The number of nitrogens with one attached hydrogen (secondary N) is 1. The molecule has 0 aliphatic carbocycles. The van der Waals surface area contributed by atoms with E-state index in [1.165, 1.54) is 80.7 Å². The maximum Gasteiger partial charge on any atom is 0.484 e. The number of aromatic nitrogens is 2. The van der Waals surface area contributed by atoms with E-state index in [1.807, 2.05) is 0 Å². The van der Waals surface area contributed by atoms with Crippen LogP contribution in [0.3, 0.4) is 0 Å². The lowest BCUT2D eigenvalue weighted by Crippen LogP contribution is -2.33. The Morgan fingerprint density at radius 2 is 1.42 bits per heavy atom. The number of aryl methyl sites for hydroxylation is 1. The van der Waals surface area contributed by atoms with Crippen LogP contribution in [0.15, 0.2) is 101 Å². The summed E-state index contributed by atoms with van der Waals surface area (Å²) in [5.41, 5.74) is -1.53. The Kier molecular flexibility index (Phi) is 12.9. The van der Waals surface area contributed by atoms with Crippen molar-refractivity contribution in [1.29, 1.82) is 0 Å². The van der Waals surface area contributed by atoms with E-state index < -0.39 is 82.7 Å². The molecule has 4 atom stereocenters. The smallest absolute Gasteiger partial charge is 0.427 e. The topological polar surface area (TPSA) is 208 Å². The largest absolute Gasteiger partial charge is 0.484 e. The summed E-state index contributed by atoms with van der Waals surface area (Å²) >= 11 is 0. The highest BCUT2D eigenvalue weighted by Crippen LogP contribution is 2.64. The number of alkyl halides is 3. The van der Waals surface area contributed by atoms with Gasteiger partial charge in [0.1, 0.15) is 17.6 Å². The molecule has 55 heavy (non-hydrogen) atoms. The minimum absolute atomic E-state index is 0.000714. The summed E-state index contributed by atoms with van der Waals surface area (Å²) < 4.78 is 103. The van der Waals surface area contributed by atoms with Gasteiger partial charge in [0.2, 0.25) is 0 Å². The molecule has 1 aromatic heterocycles. The second-order valence-corrected chi connectivity index (χ2v) is 14.9. The maximum atomic E-state index is 13.8. The number of hydrogen-bond acceptors (Lipinski definition) is 13. The fraction of sp³-hybridized carbons (Fsp3) is 0.235. The Morgan fingerprint density at radius 1 is 0.855 bits per heavy atom. The molecule has 0 spiro atoms. The minimum atomic E-state index is -5.23. The van der Waals surface area contributed by atoms with E-state index in [4.69, 9.17) is 32.1 Å². The third-order valence-electron chi connectivity index (χ3n) is 7.38. The van der Waals surface area contributed by atoms with Gasteiger partial charge in [0, 0.05) is 18.7 Å². The molecule has 2 heterocycles. The van der Waals surface area contributed by atoms with Crippen molar-refractivity contribution in [2.75, 3.05) is 6.61 Å². The lowest BCUT2D eigenvalue weighted by atomic mass is 10.1. The number of hydrogen-bond donors (Lipinski definition) is 2. The molecule has 4 aromatic rings. The van der Waals surface area contributed by atoms with E-state index in [-0.39, 0.29) is 28.2 Å². The molecule has 2 N–H and O–H groups in total. The molecule has 0 amide bonds. The van der Waals surface area contributed by atoms with Crippen LogP contribution in [0.4, 0.5) is 13.2 Å². The normalized spacial score (nSPS) is 17.6. The first-order valence-corrected chi connectivity index (χ1v) is 18.8. The molecule has 21 heteroatoms. The van der Waals surface area contributed by atoms with Gasteiger partial charge < -0.3 is 19.1 Å². The molecule has 0 fully saturated rings. The van der Waals surface area contributed by atoms with Crippen molar-refractivity contribution in [1.82, 2.24) is 9.55 Å². The average molecular weight is 811 g/mol. The summed E-state index contributed by atoms with van der Waals surface area (Å²) in [4.78, 5) is 60.3. The molecule has 3 aromatic carbocycles. The predicted octanol–water partition coefficient (Wildman–Crippen LogP) is 6.14. The number of benzene rings is 3. The number of carbonyl (C=O) groups is 2. The second kappa shape index (κ2) is 17.2. The Labute approximate surface area is 309 Å². The number of carbonyl (C=O) groups excluding carboxylic acids is 2. The van der Waals surface area contributed by atoms with Gasteiger partial charge in [-0.3, -0.25) is 32.7 Å². The maximum absolute atomic E-state index is 13.8. The molecule has 5 rings (SSSR count). The van der Waals surface area contributed by atoms with E-state index in [0.29, 0.717) is 5.56 Å². The molecule has 1 aliphatic heterocycles. The molecule has 0 radical (unpaired) electrons. The van der Waals surface area contributed by atoms with Gasteiger partial charge in [0.25, 0.3) is 5.56 Å². The van der Waals surface area contributed by atoms with Gasteiger partial charge in [-0.2, -0.15) is 17.5 Å². The molecule has 0 bridgehead atoms. The summed E-state index contributed by atoms with van der Waals surface area (Å²) in [7, 11) is -10.2. The van der Waals surface area contributed by atoms with Crippen molar-refractivity contribution in [3.05, 3.63) is 140 Å². The van der Waals surface area contributed by atoms with Crippen LogP contribution in [-0.4, -0.2) is 39.1 Å². The Bertz CT molecular complexity index is 2260. The number of phosphoric ester groups is 2. The lowest BCUT2D eigenvalue weighted by Gasteiger charge is -2.22. The fourth-order valence-corrected chi connectivity index (χ4v) is 7.26. The summed E-state index contributed by atoms with van der Waals surface area (Å²) in [6, 6.07) is 14.5. The predicted molar refractivity (Wildman–Crippen MR) is 184 cm³/mol. The van der Waals surface area contributed by atoms with Crippen LogP contribution in [-0.2, 0) is 55.9 Å². The van der Waals surface area contributed by atoms with Crippen LogP contribution in [0.5, 0.6) is 11.5 Å². The first kappa shape index (κ1) is 41.2. The highest BCUT2D eigenvalue weighted by atomic mass is 31.3. The third kappa shape index (κ3) is 11.8. The van der Waals surface area contributed by atoms with Crippen LogP contribution in [0.25, 0.3) is 0 Å². The second-order valence-electron chi connectivity index (χ2n) is 11.6. The van der Waals surface area contributed by atoms with Gasteiger partial charge in [-0.05, 0) is 72.7 Å². The minimum Gasteiger partial charge on any atom is -0.427 e. The molecule has 3 unspecified atom stereocenters. The number of aromatic amines is 1. The standard InChI is InChI=1S/C34H31F3N2O14P2/c1-21-17-39(33(43)38-31(21)41)30-16-15-29(51-30)20-47-54(44,45)53-55(46,48-18-23-3-11-27(12-4-23)50-22(2)40)49-19-24-5-13-28(14-6-24)52-32(42)25-7-9-26(10-8-25)34(35,36)37/h3-17,29-30H,18-20H2,1-2H3,(H,44,45)(H,38,41,43)/t29?,30-,55?/m1/s1. The number of phosphoric acid groups is 2. The monoisotopic (exact) mass is 810 g/mol. The molecule has 0 saturated carbocycles. The third-order valence-corrected chi connectivity index (χ3v) is 10.4. The SMILES string of the molecule is CC(=O)Oc1ccc(COP(=O)(OCc2ccc(OC(=O)c3ccc(C(F)(F)F)cc3)cc2)OP(=O)(O)OCC2C=C[C@H](n3cc(C)c(=O)[nH]c3=O)O2)cc1. The van der Waals surface area contributed by atoms with E-state index in [0.717, 1.165) is 28.8 Å². The number of esters is 2. The van der Waals surface area contributed by atoms with Gasteiger partial charge in [-0.15, -0.1) is 0 Å². The summed E-state index contributed by atoms with van der Waals surface area (Å²) in [5, 5.41) is 0. The number of H-pyrrole nitrogens is 1. The Balaban J connectivity index is 1.22. The molecule has 0 saturated heterocycles. The van der Waals surface area contributed by atoms with Crippen LogP contribution in [0.1, 0.15) is 45.8 Å². The zero-order chi connectivity index (χ0) is 40.0. The molecular weight excluding hydrogens is 779 g/mol. The van der Waals surface area contributed by atoms with E-state index in [1.54, 1.807) is 0 Å². The number of nitrogens with zero attached hydrogens (tertiary/aromatic N) is 1. The summed E-state index contributed by atoms with van der Waals surface area (Å²) in [6.45, 7) is 1.04. The lowest BCUT2D eigenvalue weighted by molar-refractivity contribution is -0.137.